The van der Waals surface area contributed by atoms with Gasteiger partial charge in [-0.05, 0) is 58.5 Å². The number of carbonyl (C=O) groups is 2. The maximum absolute atomic E-state index is 12.6. The molecule has 1 aromatic carbocycles. The van der Waals surface area contributed by atoms with Crippen LogP contribution < -0.4 is 0 Å². The minimum Gasteiger partial charge on any atom is -0.455 e. The Hall–Kier alpha value is -2.18. The van der Waals surface area contributed by atoms with Crippen LogP contribution in [0.2, 0.25) is 5.02 Å². The van der Waals surface area contributed by atoms with Gasteiger partial charge in [-0.3, -0.25) is 9.59 Å². The van der Waals surface area contributed by atoms with Gasteiger partial charge < -0.3 is 4.42 Å². The molecule has 2 bridgehead atoms. The van der Waals surface area contributed by atoms with Gasteiger partial charge in [0.15, 0.2) is 0 Å². The number of fused-ring (bicyclic) bond motifs is 5. The molecule has 1 saturated heterocycles. The molecule has 5 nitrogen and oxygen atoms in total. The second-order valence-electron chi connectivity index (χ2n) is 7.06. The van der Waals surface area contributed by atoms with Crippen molar-refractivity contribution < 1.29 is 14.0 Å². The quantitative estimate of drug-likeness (QED) is 0.397. The number of hydrogen-bond acceptors (Lipinski definition) is 4. The molecule has 0 spiro atoms. The van der Waals surface area contributed by atoms with Gasteiger partial charge in [0.25, 0.3) is 11.8 Å². The number of allylic oxidation sites excluding steroid dienone is 2. The summed E-state index contributed by atoms with van der Waals surface area (Å²) in [6.07, 6.45) is 6.44. The predicted octanol–water partition coefficient (Wildman–Crippen LogP) is 4.50. The van der Waals surface area contributed by atoms with Gasteiger partial charge >= 0.3 is 0 Å². The summed E-state index contributed by atoms with van der Waals surface area (Å²) in [6.45, 7) is 0. The average Bonchev–Trinajstić information content (AvgIpc) is 3.41. The number of rotatable bonds is 3. The highest BCUT2D eigenvalue weighted by Gasteiger charge is 2.59. The Morgan fingerprint density at radius 2 is 1.81 bits per heavy atom. The standard InChI is InChI=1S/C20H14BrClN2O3/c21-14-5-3-10(8-15(14)22)16-6-4-13(27-16)9-23-24-19(25)17-11-1-2-12(7-11)18(17)20(24)26/h1-6,8-9,11-12,17-18H,7H2. The zero-order valence-electron chi connectivity index (χ0n) is 14.0. The number of nitrogens with zero attached hydrogens (tertiary/aromatic N) is 2. The molecule has 0 N–H and O–H groups in total. The fraction of sp³-hybridized carbons (Fsp3) is 0.250. The molecule has 1 aromatic heterocycles. The Labute approximate surface area is 168 Å². The Morgan fingerprint density at radius 3 is 2.48 bits per heavy atom. The number of amides is 2. The van der Waals surface area contributed by atoms with E-state index in [-0.39, 0.29) is 35.5 Å². The minimum atomic E-state index is -0.248. The van der Waals surface area contributed by atoms with Crippen molar-refractivity contribution in [3.63, 3.8) is 0 Å². The van der Waals surface area contributed by atoms with Crippen LogP contribution in [0.25, 0.3) is 11.3 Å². The molecular weight excluding hydrogens is 432 g/mol. The van der Waals surface area contributed by atoms with Gasteiger partial charge in [0.2, 0.25) is 0 Å². The van der Waals surface area contributed by atoms with Crippen molar-refractivity contribution in [3.8, 4) is 11.3 Å². The SMILES string of the molecule is O=C1C2C3C=CC(C3)C2C(=O)N1N=Cc1ccc(-c2ccc(Br)c(Cl)c2)o1. The van der Waals surface area contributed by atoms with Crippen molar-refractivity contribution in [1.29, 1.82) is 0 Å². The molecule has 27 heavy (non-hydrogen) atoms. The maximum atomic E-state index is 12.6. The van der Waals surface area contributed by atoms with E-state index in [2.05, 4.69) is 33.2 Å². The lowest BCUT2D eigenvalue weighted by atomic mass is 9.85. The monoisotopic (exact) mass is 444 g/mol. The van der Waals surface area contributed by atoms with E-state index in [4.69, 9.17) is 16.0 Å². The van der Waals surface area contributed by atoms with E-state index < -0.39 is 0 Å². The molecule has 1 saturated carbocycles. The molecule has 4 unspecified atom stereocenters. The van der Waals surface area contributed by atoms with Crippen LogP contribution in [0.5, 0.6) is 0 Å². The number of imide groups is 1. The van der Waals surface area contributed by atoms with E-state index in [0.29, 0.717) is 16.5 Å². The number of hydrogen-bond donors (Lipinski definition) is 0. The smallest absolute Gasteiger partial charge is 0.254 e. The van der Waals surface area contributed by atoms with Crippen molar-refractivity contribution in [2.75, 3.05) is 0 Å². The summed E-state index contributed by atoms with van der Waals surface area (Å²) in [4.78, 5) is 25.2. The predicted molar refractivity (Wildman–Crippen MR) is 104 cm³/mol. The van der Waals surface area contributed by atoms with Crippen LogP contribution in [0.3, 0.4) is 0 Å². The first-order valence-corrected chi connectivity index (χ1v) is 9.85. The van der Waals surface area contributed by atoms with Gasteiger partial charge in [-0.25, -0.2) is 0 Å². The molecule has 2 amide bonds. The average molecular weight is 446 g/mol. The zero-order valence-corrected chi connectivity index (χ0v) is 16.4. The second-order valence-corrected chi connectivity index (χ2v) is 8.33. The van der Waals surface area contributed by atoms with E-state index in [0.717, 1.165) is 21.5 Å². The van der Waals surface area contributed by atoms with Crippen LogP contribution in [0.1, 0.15) is 12.2 Å². The fourth-order valence-corrected chi connectivity index (χ4v) is 4.77. The molecule has 1 aliphatic heterocycles. The van der Waals surface area contributed by atoms with E-state index >= 15 is 0 Å². The van der Waals surface area contributed by atoms with Crippen LogP contribution in [-0.2, 0) is 9.59 Å². The molecule has 3 aliphatic rings. The third-order valence-corrected chi connectivity index (χ3v) is 6.81. The lowest BCUT2D eigenvalue weighted by Crippen LogP contribution is -2.28. The van der Waals surface area contributed by atoms with Gasteiger partial charge in [-0.1, -0.05) is 29.8 Å². The lowest BCUT2D eigenvalue weighted by Gasteiger charge is -2.13. The molecule has 2 aromatic rings. The van der Waals surface area contributed by atoms with Crippen molar-refractivity contribution >= 4 is 45.6 Å². The molecule has 2 heterocycles. The Bertz CT molecular complexity index is 998. The molecule has 7 heteroatoms. The van der Waals surface area contributed by atoms with E-state index in [9.17, 15) is 9.59 Å². The van der Waals surface area contributed by atoms with E-state index in [1.165, 1.54) is 6.21 Å². The molecule has 0 radical (unpaired) electrons. The number of halogens is 2. The van der Waals surface area contributed by atoms with Crippen LogP contribution >= 0.6 is 27.5 Å². The van der Waals surface area contributed by atoms with Gasteiger partial charge in [0.05, 0.1) is 23.1 Å². The van der Waals surface area contributed by atoms with Gasteiger partial charge in [-0.15, -0.1) is 0 Å². The first kappa shape index (κ1) is 17.0. The number of carbonyl (C=O) groups excluding carboxylic acids is 2. The van der Waals surface area contributed by atoms with Gasteiger partial charge in [0, 0.05) is 10.0 Å². The van der Waals surface area contributed by atoms with Crippen molar-refractivity contribution in [2.24, 2.45) is 28.8 Å². The fourth-order valence-electron chi connectivity index (χ4n) is 4.34. The summed E-state index contributed by atoms with van der Waals surface area (Å²) in [5, 5.41) is 5.73. The van der Waals surface area contributed by atoms with Crippen molar-refractivity contribution in [1.82, 2.24) is 5.01 Å². The summed E-state index contributed by atoms with van der Waals surface area (Å²) in [5.74, 6) is 0.535. The van der Waals surface area contributed by atoms with E-state index in [1.54, 1.807) is 18.2 Å². The van der Waals surface area contributed by atoms with Gasteiger partial charge in [-0.2, -0.15) is 10.1 Å². The second kappa shape index (κ2) is 6.17. The summed E-state index contributed by atoms with van der Waals surface area (Å²) < 4.78 is 6.57. The highest BCUT2D eigenvalue weighted by Crippen LogP contribution is 2.52. The molecule has 2 fully saturated rings. The molecule has 136 valence electrons. The Balaban J connectivity index is 1.36. The first-order chi connectivity index (χ1) is 13.0. The third-order valence-electron chi connectivity index (χ3n) is 5.58. The Kier molecular flexibility index (Phi) is 3.88. The van der Waals surface area contributed by atoms with Crippen LogP contribution in [0.15, 0.2) is 56.5 Å². The van der Waals surface area contributed by atoms with Crippen molar-refractivity contribution in [2.45, 2.75) is 6.42 Å². The summed E-state index contributed by atoms with van der Waals surface area (Å²) >= 11 is 9.48. The van der Waals surface area contributed by atoms with Crippen LogP contribution in [0, 0.1) is 23.7 Å². The minimum absolute atomic E-state index is 0.175. The lowest BCUT2D eigenvalue weighted by molar-refractivity contribution is -0.140. The number of benzene rings is 1. The largest absolute Gasteiger partial charge is 0.455 e. The molecule has 5 rings (SSSR count). The van der Waals surface area contributed by atoms with E-state index in [1.807, 2.05) is 12.1 Å². The number of hydrazone groups is 1. The first-order valence-electron chi connectivity index (χ1n) is 8.68. The van der Waals surface area contributed by atoms with Crippen LogP contribution in [-0.4, -0.2) is 23.0 Å². The summed E-state index contributed by atoms with van der Waals surface area (Å²) in [7, 11) is 0. The normalized spacial score (nSPS) is 28.7. The number of furan rings is 1. The molecule has 2 aliphatic carbocycles. The van der Waals surface area contributed by atoms with Crippen LogP contribution in [0.4, 0.5) is 0 Å². The third kappa shape index (κ3) is 2.62. The van der Waals surface area contributed by atoms with Gasteiger partial charge in [0.1, 0.15) is 11.5 Å². The molecule has 4 atom stereocenters. The van der Waals surface area contributed by atoms with Crippen molar-refractivity contribution in [3.05, 3.63) is 57.7 Å². The summed E-state index contributed by atoms with van der Waals surface area (Å²) in [6, 6.07) is 9.06. The Morgan fingerprint density at radius 1 is 1.11 bits per heavy atom. The highest BCUT2D eigenvalue weighted by molar-refractivity contribution is 9.10. The maximum Gasteiger partial charge on any atom is 0.254 e. The highest BCUT2D eigenvalue weighted by atomic mass is 79.9. The summed E-state index contributed by atoms with van der Waals surface area (Å²) in [5.41, 5.74) is 0.827. The zero-order chi connectivity index (χ0) is 18.7. The topological polar surface area (TPSA) is 62.9 Å². The molecular formula is C20H14BrClN2O3.